The van der Waals surface area contributed by atoms with Gasteiger partial charge in [-0.25, -0.2) is 13.1 Å². The first-order valence-electron chi connectivity index (χ1n) is 7.14. The number of guanidine groups is 1. The SMILES string of the molecule is CN=C(NCCNS(C)(=O)=O)NC1CCC(C)(C)CC1. The summed E-state index contributed by atoms with van der Waals surface area (Å²) < 4.78 is 24.3. The Bertz CT molecular complexity index is 422. The van der Waals surface area contributed by atoms with Crippen LogP contribution in [0.15, 0.2) is 4.99 Å². The summed E-state index contributed by atoms with van der Waals surface area (Å²) in [7, 11) is -1.39. The van der Waals surface area contributed by atoms with Gasteiger partial charge in [0.25, 0.3) is 0 Å². The number of hydrogen-bond donors (Lipinski definition) is 3. The molecule has 0 heterocycles. The Morgan fingerprint density at radius 3 is 2.35 bits per heavy atom. The minimum atomic E-state index is -3.12. The van der Waals surface area contributed by atoms with Gasteiger partial charge < -0.3 is 10.6 Å². The van der Waals surface area contributed by atoms with Crippen LogP contribution in [0.5, 0.6) is 0 Å². The average molecular weight is 304 g/mol. The van der Waals surface area contributed by atoms with Crippen molar-refractivity contribution in [3.63, 3.8) is 0 Å². The zero-order valence-corrected chi connectivity index (χ0v) is 13.8. The predicted molar refractivity (Wildman–Crippen MR) is 83.4 cm³/mol. The predicted octanol–water partition coefficient (Wildman–Crippen LogP) is 0.669. The van der Waals surface area contributed by atoms with E-state index in [1.807, 2.05) is 0 Å². The van der Waals surface area contributed by atoms with Gasteiger partial charge >= 0.3 is 0 Å². The van der Waals surface area contributed by atoms with Crippen LogP contribution in [0.4, 0.5) is 0 Å². The zero-order valence-electron chi connectivity index (χ0n) is 13.0. The number of aliphatic imine (C=N–C) groups is 1. The number of rotatable bonds is 5. The number of nitrogens with one attached hydrogen (secondary N) is 3. The fourth-order valence-electron chi connectivity index (χ4n) is 2.35. The fraction of sp³-hybridized carbons (Fsp3) is 0.923. The van der Waals surface area contributed by atoms with Crippen LogP contribution >= 0.6 is 0 Å². The Morgan fingerprint density at radius 1 is 1.25 bits per heavy atom. The van der Waals surface area contributed by atoms with Gasteiger partial charge in [0.15, 0.2) is 5.96 Å². The summed E-state index contributed by atoms with van der Waals surface area (Å²) in [5.41, 5.74) is 0.453. The van der Waals surface area contributed by atoms with Gasteiger partial charge in [-0.15, -0.1) is 0 Å². The molecule has 6 nitrogen and oxygen atoms in total. The van der Waals surface area contributed by atoms with Crippen LogP contribution in [0, 0.1) is 5.41 Å². The van der Waals surface area contributed by atoms with Gasteiger partial charge in [0.2, 0.25) is 10.0 Å². The summed E-state index contributed by atoms with van der Waals surface area (Å²) >= 11 is 0. The van der Waals surface area contributed by atoms with Crippen molar-refractivity contribution < 1.29 is 8.42 Å². The molecule has 0 aliphatic heterocycles. The lowest BCUT2D eigenvalue weighted by Gasteiger charge is -2.35. The second-order valence-corrected chi connectivity index (χ2v) is 8.08. The molecule has 1 fully saturated rings. The minimum Gasteiger partial charge on any atom is -0.355 e. The van der Waals surface area contributed by atoms with E-state index >= 15 is 0 Å². The Balaban J connectivity index is 2.27. The molecule has 7 heteroatoms. The normalized spacial score (nSPS) is 20.7. The van der Waals surface area contributed by atoms with Crippen LogP contribution in [-0.2, 0) is 10.0 Å². The Morgan fingerprint density at radius 2 is 1.85 bits per heavy atom. The van der Waals surface area contributed by atoms with Gasteiger partial charge in [0, 0.05) is 26.2 Å². The number of sulfonamides is 1. The topological polar surface area (TPSA) is 82.6 Å². The quantitative estimate of drug-likeness (QED) is 0.396. The van der Waals surface area contributed by atoms with E-state index in [1.165, 1.54) is 12.8 Å². The highest BCUT2D eigenvalue weighted by Gasteiger charge is 2.26. The van der Waals surface area contributed by atoms with Crippen LogP contribution in [0.25, 0.3) is 0 Å². The Labute approximate surface area is 122 Å². The van der Waals surface area contributed by atoms with E-state index in [1.54, 1.807) is 7.05 Å². The molecule has 0 unspecified atom stereocenters. The van der Waals surface area contributed by atoms with E-state index in [-0.39, 0.29) is 0 Å². The standard InChI is InChI=1S/C13H28N4O2S/c1-13(2)7-5-11(6-8-13)17-12(14-3)15-9-10-16-20(4,18)19/h11,16H,5-10H2,1-4H3,(H2,14,15,17). The fourth-order valence-corrected chi connectivity index (χ4v) is 2.82. The smallest absolute Gasteiger partial charge is 0.208 e. The van der Waals surface area contributed by atoms with E-state index in [0.717, 1.165) is 25.1 Å². The highest BCUT2D eigenvalue weighted by Crippen LogP contribution is 2.34. The second-order valence-electron chi connectivity index (χ2n) is 6.25. The zero-order chi connectivity index (χ0) is 15.2. The average Bonchev–Trinajstić information content (AvgIpc) is 2.34. The maximum absolute atomic E-state index is 10.9. The molecule has 1 aliphatic carbocycles. The third-order valence-corrected chi connectivity index (χ3v) is 4.41. The maximum Gasteiger partial charge on any atom is 0.208 e. The summed E-state index contributed by atoms with van der Waals surface area (Å²) in [6, 6.07) is 0.456. The van der Waals surface area contributed by atoms with Gasteiger partial charge in [-0.3, -0.25) is 4.99 Å². The molecule has 0 atom stereocenters. The monoisotopic (exact) mass is 304 g/mol. The molecular weight excluding hydrogens is 276 g/mol. The molecule has 0 spiro atoms. The first-order valence-corrected chi connectivity index (χ1v) is 9.03. The highest BCUT2D eigenvalue weighted by molar-refractivity contribution is 7.88. The molecule has 20 heavy (non-hydrogen) atoms. The van der Waals surface area contributed by atoms with Crippen molar-refractivity contribution in [1.29, 1.82) is 0 Å². The molecule has 0 aromatic rings. The lowest BCUT2D eigenvalue weighted by atomic mass is 9.75. The lowest BCUT2D eigenvalue weighted by molar-refractivity contribution is 0.216. The molecule has 0 aromatic carbocycles. The highest BCUT2D eigenvalue weighted by atomic mass is 32.2. The molecule has 1 aliphatic rings. The van der Waals surface area contributed by atoms with Crippen LogP contribution in [0.1, 0.15) is 39.5 Å². The van der Waals surface area contributed by atoms with Crippen molar-refractivity contribution in [1.82, 2.24) is 15.4 Å². The lowest BCUT2D eigenvalue weighted by Crippen LogP contribution is -2.47. The summed E-state index contributed by atoms with van der Waals surface area (Å²) in [5, 5.41) is 6.52. The summed E-state index contributed by atoms with van der Waals surface area (Å²) in [4.78, 5) is 4.17. The molecule has 0 saturated heterocycles. The van der Waals surface area contributed by atoms with E-state index in [9.17, 15) is 8.42 Å². The third kappa shape index (κ3) is 7.09. The van der Waals surface area contributed by atoms with E-state index < -0.39 is 10.0 Å². The minimum absolute atomic E-state index is 0.358. The Hall–Kier alpha value is -0.820. The molecule has 1 rings (SSSR count). The maximum atomic E-state index is 10.9. The van der Waals surface area contributed by atoms with Gasteiger partial charge in [-0.2, -0.15) is 0 Å². The largest absolute Gasteiger partial charge is 0.355 e. The molecule has 0 radical (unpaired) electrons. The number of hydrogen-bond acceptors (Lipinski definition) is 3. The molecule has 0 amide bonds. The summed E-state index contributed by atoms with van der Waals surface area (Å²) in [6.07, 6.45) is 5.89. The molecule has 3 N–H and O–H groups in total. The first-order chi connectivity index (χ1) is 9.22. The number of nitrogens with zero attached hydrogens (tertiary/aromatic N) is 1. The molecule has 0 bridgehead atoms. The first kappa shape index (κ1) is 17.2. The summed E-state index contributed by atoms with van der Waals surface area (Å²) in [5.74, 6) is 0.741. The van der Waals surface area contributed by atoms with Gasteiger partial charge in [0.1, 0.15) is 0 Å². The van der Waals surface area contributed by atoms with Gasteiger partial charge in [0.05, 0.1) is 6.26 Å². The van der Waals surface area contributed by atoms with Crippen molar-refractivity contribution in [3.8, 4) is 0 Å². The van der Waals surface area contributed by atoms with Crippen LogP contribution < -0.4 is 15.4 Å². The van der Waals surface area contributed by atoms with Crippen molar-refractivity contribution in [2.75, 3.05) is 26.4 Å². The van der Waals surface area contributed by atoms with E-state index in [2.05, 4.69) is 34.2 Å². The van der Waals surface area contributed by atoms with Crippen molar-refractivity contribution in [3.05, 3.63) is 0 Å². The molecule has 118 valence electrons. The van der Waals surface area contributed by atoms with E-state index in [4.69, 9.17) is 0 Å². The second kappa shape index (κ2) is 7.26. The molecular formula is C13H28N4O2S. The van der Waals surface area contributed by atoms with Crippen LogP contribution in [-0.4, -0.2) is 46.8 Å². The third-order valence-electron chi connectivity index (χ3n) is 3.69. The van der Waals surface area contributed by atoms with Crippen LogP contribution in [0.2, 0.25) is 0 Å². The molecule has 1 saturated carbocycles. The van der Waals surface area contributed by atoms with Crippen molar-refractivity contribution in [2.24, 2.45) is 10.4 Å². The van der Waals surface area contributed by atoms with Crippen molar-refractivity contribution >= 4 is 16.0 Å². The summed E-state index contributed by atoms with van der Waals surface area (Å²) in [6.45, 7) is 5.50. The molecule has 0 aromatic heterocycles. The van der Waals surface area contributed by atoms with Gasteiger partial charge in [-0.05, 0) is 31.1 Å². The van der Waals surface area contributed by atoms with Gasteiger partial charge in [-0.1, -0.05) is 13.8 Å². The van der Waals surface area contributed by atoms with E-state index in [0.29, 0.717) is 24.5 Å². The van der Waals surface area contributed by atoms with Crippen molar-refractivity contribution in [2.45, 2.75) is 45.6 Å². The van der Waals surface area contributed by atoms with Crippen LogP contribution in [0.3, 0.4) is 0 Å². The Kier molecular flexibility index (Phi) is 6.26.